The summed E-state index contributed by atoms with van der Waals surface area (Å²) in [5.74, 6) is 1.33. The standard InChI is InChI=1S/C26H22N2O3S/c1-17-3-8-20(9-4-17)27-26-28(21-10-5-18(2)6-11-21)25(29)24(32-26)16-19-7-12-22-23(15-19)31-14-13-30-22/h3-12,15-16H,13-14H2,1-2H3/b24-16-,27-26?. The summed E-state index contributed by atoms with van der Waals surface area (Å²) in [6.07, 6.45) is 1.88. The molecule has 3 aromatic carbocycles. The molecule has 0 N–H and O–H groups in total. The molecule has 5 nitrogen and oxygen atoms in total. The van der Waals surface area contributed by atoms with Crippen molar-refractivity contribution < 1.29 is 14.3 Å². The van der Waals surface area contributed by atoms with Gasteiger partial charge in [0.2, 0.25) is 0 Å². The van der Waals surface area contributed by atoms with Crippen LogP contribution in [0.3, 0.4) is 0 Å². The molecule has 2 aliphatic rings. The van der Waals surface area contributed by atoms with E-state index in [2.05, 4.69) is 0 Å². The molecule has 5 rings (SSSR count). The van der Waals surface area contributed by atoms with Crippen LogP contribution in [0.15, 0.2) is 76.6 Å². The molecule has 3 aromatic rings. The third-order valence-corrected chi connectivity index (χ3v) is 6.19. The highest BCUT2D eigenvalue weighted by atomic mass is 32.2. The van der Waals surface area contributed by atoms with E-state index in [-0.39, 0.29) is 5.91 Å². The largest absolute Gasteiger partial charge is 0.486 e. The molecular formula is C26H22N2O3S. The van der Waals surface area contributed by atoms with Crippen LogP contribution in [0.1, 0.15) is 16.7 Å². The number of aliphatic imine (C=N–C) groups is 1. The molecule has 0 aliphatic carbocycles. The molecule has 0 unspecified atom stereocenters. The number of carbonyl (C=O) groups excluding carboxylic acids is 1. The van der Waals surface area contributed by atoms with Gasteiger partial charge in [-0.2, -0.15) is 0 Å². The highest BCUT2D eigenvalue weighted by Gasteiger charge is 2.34. The van der Waals surface area contributed by atoms with E-state index in [0.29, 0.717) is 29.0 Å². The van der Waals surface area contributed by atoms with E-state index < -0.39 is 0 Å². The molecule has 0 aromatic heterocycles. The van der Waals surface area contributed by atoms with Crippen molar-refractivity contribution >= 4 is 40.3 Å². The van der Waals surface area contributed by atoms with Gasteiger partial charge in [-0.3, -0.25) is 9.69 Å². The topological polar surface area (TPSA) is 51.1 Å². The monoisotopic (exact) mass is 442 g/mol. The predicted octanol–water partition coefficient (Wildman–Crippen LogP) is 5.88. The first-order valence-corrected chi connectivity index (χ1v) is 11.2. The number of aryl methyl sites for hydroxylation is 2. The number of carbonyl (C=O) groups is 1. The second kappa shape index (κ2) is 8.55. The number of nitrogens with zero attached hydrogens (tertiary/aromatic N) is 2. The molecule has 1 fully saturated rings. The fourth-order valence-electron chi connectivity index (χ4n) is 3.50. The number of rotatable bonds is 3. The van der Waals surface area contributed by atoms with Crippen molar-refractivity contribution in [3.63, 3.8) is 0 Å². The lowest BCUT2D eigenvalue weighted by molar-refractivity contribution is -0.113. The van der Waals surface area contributed by atoms with Crippen molar-refractivity contribution in [1.82, 2.24) is 0 Å². The minimum absolute atomic E-state index is 0.0976. The Morgan fingerprint density at radius 3 is 2.25 bits per heavy atom. The fourth-order valence-corrected chi connectivity index (χ4v) is 4.50. The van der Waals surface area contributed by atoms with Gasteiger partial charge < -0.3 is 9.47 Å². The highest BCUT2D eigenvalue weighted by molar-refractivity contribution is 8.19. The number of ether oxygens (including phenoxy) is 2. The van der Waals surface area contributed by atoms with E-state index in [4.69, 9.17) is 14.5 Å². The summed E-state index contributed by atoms with van der Waals surface area (Å²) in [4.78, 5) is 20.5. The molecule has 0 spiro atoms. The van der Waals surface area contributed by atoms with Gasteiger partial charge in [0.15, 0.2) is 16.7 Å². The van der Waals surface area contributed by atoms with Crippen molar-refractivity contribution in [2.24, 2.45) is 4.99 Å². The van der Waals surface area contributed by atoms with Gasteiger partial charge >= 0.3 is 0 Å². The van der Waals surface area contributed by atoms with Crippen LogP contribution < -0.4 is 14.4 Å². The number of benzene rings is 3. The predicted molar refractivity (Wildman–Crippen MR) is 130 cm³/mol. The fraction of sp³-hybridized carbons (Fsp3) is 0.154. The van der Waals surface area contributed by atoms with E-state index in [0.717, 1.165) is 28.3 Å². The quantitative estimate of drug-likeness (QED) is 0.475. The first kappa shape index (κ1) is 20.4. The summed E-state index contributed by atoms with van der Waals surface area (Å²) in [6.45, 7) is 5.14. The third-order valence-electron chi connectivity index (χ3n) is 5.22. The van der Waals surface area contributed by atoms with Gasteiger partial charge in [0.1, 0.15) is 13.2 Å². The molecule has 0 radical (unpaired) electrons. The number of thioether (sulfide) groups is 1. The lowest BCUT2D eigenvalue weighted by atomic mass is 10.1. The van der Waals surface area contributed by atoms with Gasteiger partial charge in [-0.25, -0.2) is 4.99 Å². The first-order chi connectivity index (χ1) is 15.6. The number of hydrogen-bond acceptors (Lipinski definition) is 5. The van der Waals surface area contributed by atoms with E-state index >= 15 is 0 Å². The van der Waals surface area contributed by atoms with Crippen molar-refractivity contribution in [3.8, 4) is 11.5 Å². The number of anilines is 1. The van der Waals surface area contributed by atoms with E-state index in [1.165, 1.54) is 17.3 Å². The van der Waals surface area contributed by atoms with Crippen molar-refractivity contribution in [2.75, 3.05) is 18.1 Å². The summed E-state index contributed by atoms with van der Waals surface area (Å²) >= 11 is 1.37. The van der Waals surface area contributed by atoms with E-state index in [9.17, 15) is 4.79 Å². The minimum Gasteiger partial charge on any atom is -0.486 e. The summed E-state index contributed by atoms with van der Waals surface area (Å²) in [5.41, 5.74) is 4.79. The molecular weight excluding hydrogens is 420 g/mol. The van der Waals surface area contributed by atoms with Crippen molar-refractivity contribution in [3.05, 3.63) is 88.3 Å². The molecule has 1 saturated heterocycles. The molecule has 0 bridgehead atoms. The molecule has 32 heavy (non-hydrogen) atoms. The van der Waals surface area contributed by atoms with Crippen LogP contribution in [-0.2, 0) is 4.79 Å². The average molecular weight is 443 g/mol. The van der Waals surface area contributed by atoms with Crippen LogP contribution in [-0.4, -0.2) is 24.3 Å². The summed E-state index contributed by atoms with van der Waals surface area (Å²) in [6, 6.07) is 21.6. The maximum atomic E-state index is 13.4. The molecule has 0 saturated carbocycles. The molecule has 160 valence electrons. The first-order valence-electron chi connectivity index (χ1n) is 10.4. The number of amidine groups is 1. The Kier molecular flexibility index (Phi) is 5.45. The molecule has 2 aliphatic heterocycles. The van der Waals surface area contributed by atoms with Gasteiger partial charge in [-0.05, 0) is 73.6 Å². The van der Waals surface area contributed by atoms with Crippen LogP contribution >= 0.6 is 11.8 Å². The van der Waals surface area contributed by atoms with Gasteiger partial charge in [-0.15, -0.1) is 0 Å². The zero-order valence-electron chi connectivity index (χ0n) is 17.9. The zero-order chi connectivity index (χ0) is 22.1. The van der Waals surface area contributed by atoms with Crippen LogP contribution in [0.5, 0.6) is 11.5 Å². The Balaban J connectivity index is 1.53. The SMILES string of the molecule is Cc1ccc(N=C2S/C(=C\c3ccc4c(c3)OCCO4)C(=O)N2c2ccc(C)cc2)cc1. The Morgan fingerprint density at radius 1 is 0.875 bits per heavy atom. The normalized spacial score (nSPS) is 17.9. The summed E-state index contributed by atoms with van der Waals surface area (Å²) in [7, 11) is 0. The van der Waals surface area contributed by atoms with Crippen LogP contribution in [0, 0.1) is 13.8 Å². The highest BCUT2D eigenvalue weighted by Crippen LogP contribution is 2.38. The van der Waals surface area contributed by atoms with Crippen LogP contribution in [0.4, 0.5) is 11.4 Å². The maximum absolute atomic E-state index is 13.4. The van der Waals surface area contributed by atoms with Gasteiger partial charge in [-0.1, -0.05) is 41.5 Å². The van der Waals surface area contributed by atoms with Gasteiger partial charge in [0, 0.05) is 0 Å². The number of fused-ring (bicyclic) bond motifs is 1. The second-order valence-electron chi connectivity index (χ2n) is 7.72. The lowest BCUT2D eigenvalue weighted by Crippen LogP contribution is -2.28. The molecule has 0 atom stereocenters. The van der Waals surface area contributed by atoms with E-state index in [1.807, 2.05) is 86.7 Å². The Bertz CT molecular complexity index is 1230. The molecule has 1 amide bonds. The Labute approximate surface area is 191 Å². The summed E-state index contributed by atoms with van der Waals surface area (Å²) in [5, 5.41) is 0.631. The van der Waals surface area contributed by atoms with Crippen molar-refractivity contribution in [1.29, 1.82) is 0 Å². The van der Waals surface area contributed by atoms with Crippen molar-refractivity contribution in [2.45, 2.75) is 13.8 Å². The van der Waals surface area contributed by atoms with Crippen LogP contribution in [0.25, 0.3) is 6.08 Å². The maximum Gasteiger partial charge on any atom is 0.271 e. The van der Waals surface area contributed by atoms with Gasteiger partial charge in [0.25, 0.3) is 5.91 Å². The number of hydrogen-bond donors (Lipinski definition) is 0. The summed E-state index contributed by atoms with van der Waals surface area (Å²) < 4.78 is 11.3. The third kappa shape index (κ3) is 4.14. The lowest BCUT2D eigenvalue weighted by Gasteiger charge is -2.18. The second-order valence-corrected chi connectivity index (χ2v) is 8.73. The van der Waals surface area contributed by atoms with Gasteiger partial charge in [0.05, 0.1) is 16.3 Å². The van der Waals surface area contributed by atoms with Crippen LogP contribution in [0.2, 0.25) is 0 Å². The smallest absolute Gasteiger partial charge is 0.271 e. The molecule has 2 heterocycles. The number of amides is 1. The Morgan fingerprint density at radius 2 is 1.53 bits per heavy atom. The minimum atomic E-state index is -0.0976. The Hall–Kier alpha value is -3.51. The average Bonchev–Trinajstić information content (AvgIpc) is 3.10. The zero-order valence-corrected chi connectivity index (χ0v) is 18.7. The molecule has 6 heteroatoms. The van der Waals surface area contributed by atoms with E-state index in [1.54, 1.807) is 4.90 Å².